The first-order valence-electron chi connectivity index (χ1n) is 12.5. The van der Waals surface area contributed by atoms with Gasteiger partial charge in [0.2, 0.25) is 17.7 Å². The van der Waals surface area contributed by atoms with E-state index in [0.717, 1.165) is 25.7 Å². The first-order chi connectivity index (χ1) is 16.9. The van der Waals surface area contributed by atoms with Crippen LogP contribution in [0.3, 0.4) is 0 Å². The van der Waals surface area contributed by atoms with Gasteiger partial charge in [0.1, 0.15) is 11.6 Å². The number of halogens is 1. The SMILES string of the molecule is COCCCN1C(=O)[C@H]2[C@@H](C(=O)Nc3cccc(Cl)c3)[C@H]3C=C[C@@]2(O3)[C@H]1C(=O)NC1CCCCC1. The van der Waals surface area contributed by atoms with Crippen molar-refractivity contribution in [3.05, 3.63) is 41.4 Å². The smallest absolute Gasteiger partial charge is 0.246 e. The molecule has 0 radical (unpaired) electrons. The molecule has 5 rings (SSSR count). The van der Waals surface area contributed by atoms with Crippen LogP contribution in [0.5, 0.6) is 0 Å². The Bertz CT molecular complexity index is 1030. The van der Waals surface area contributed by atoms with Crippen molar-refractivity contribution in [2.24, 2.45) is 11.8 Å². The van der Waals surface area contributed by atoms with Gasteiger partial charge >= 0.3 is 0 Å². The lowest BCUT2D eigenvalue weighted by Crippen LogP contribution is -2.56. The molecule has 4 aliphatic rings. The van der Waals surface area contributed by atoms with Gasteiger partial charge in [-0.3, -0.25) is 14.4 Å². The molecule has 1 aromatic rings. The summed E-state index contributed by atoms with van der Waals surface area (Å²) in [6.07, 6.45) is 8.93. The predicted octanol–water partition coefficient (Wildman–Crippen LogP) is 2.91. The Morgan fingerprint density at radius 1 is 1.23 bits per heavy atom. The molecule has 3 aliphatic heterocycles. The number of hydrogen-bond acceptors (Lipinski definition) is 5. The number of methoxy groups -OCH3 is 1. The van der Waals surface area contributed by atoms with Crippen LogP contribution < -0.4 is 10.6 Å². The number of carbonyl (C=O) groups is 3. The zero-order valence-corrected chi connectivity index (χ0v) is 20.6. The van der Waals surface area contributed by atoms with Gasteiger partial charge in [-0.05, 0) is 37.5 Å². The summed E-state index contributed by atoms with van der Waals surface area (Å²) in [7, 11) is 1.61. The van der Waals surface area contributed by atoms with E-state index < -0.39 is 29.6 Å². The summed E-state index contributed by atoms with van der Waals surface area (Å²) < 4.78 is 11.5. The Balaban J connectivity index is 1.42. The lowest BCUT2D eigenvalue weighted by Gasteiger charge is -2.34. The minimum Gasteiger partial charge on any atom is -0.385 e. The van der Waals surface area contributed by atoms with Crippen LogP contribution >= 0.6 is 11.6 Å². The summed E-state index contributed by atoms with van der Waals surface area (Å²) in [6, 6.07) is 6.17. The van der Waals surface area contributed by atoms with Gasteiger partial charge in [0.15, 0.2) is 0 Å². The molecule has 3 fully saturated rings. The van der Waals surface area contributed by atoms with E-state index in [1.807, 2.05) is 12.2 Å². The summed E-state index contributed by atoms with van der Waals surface area (Å²) >= 11 is 6.07. The first-order valence-corrected chi connectivity index (χ1v) is 12.9. The molecule has 3 amide bonds. The molecule has 9 heteroatoms. The van der Waals surface area contributed by atoms with Crippen molar-refractivity contribution in [1.29, 1.82) is 0 Å². The number of anilines is 1. The molecule has 1 aromatic carbocycles. The molecular weight excluding hydrogens is 470 g/mol. The molecule has 1 saturated carbocycles. The van der Waals surface area contributed by atoms with Crippen LogP contribution in [0.25, 0.3) is 0 Å². The van der Waals surface area contributed by atoms with Crippen LogP contribution in [-0.2, 0) is 23.9 Å². The molecule has 188 valence electrons. The average molecular weight is 502 g/mol. The van der Waals surface area contributed by atoms with Gasteiger partial charge in [-0.15, -0.1) is 0 Å². The molecular formula is C26H32ClN3O5. The van der Waals surface area contributed by atoms with Gasteiger partial charge in [0.05, 0.1) is 17.9 Å². The third-order valence-corrected chi connectivity index (χ3v) is 7.95. The van der Waals surface area contributed by atoms with Crippen molar-refractivity contribution in [3.8, 4) is 0 Å². The first kappa shape index (κ1) is 24.3. The largest absolute Gasteiger partial charge is 0.385 e. The zero-order chi connectivity index (χ0) is 24.6. The van der Waals surface area contributed by atoms with Crippen LogP contribution in [0, 0.1) is 11.8 Å². The lowest BCUT2D eigenvalue weighted by atomic mass is 9.74. The molecule has 1 aliphatic carbocycles. The monoisotopic (exact) mass is 501 g/mol. The van der Waals surface area contributed by atoms with E-state index in [-0.39, 0.29) is 23.8 Å². The van der Waals surface area contributed by atoms with Crippen LogP contribution in [-0.4, -0.2) is 66.7 Å². The average Bonchev–Trinajstić information content (AvgIpc) is 3.47. The molecule has 5 atom stereocenters. The highest BCUT2D eigenvalue weighted by atomic mass is 35.5. The summed E-state index contributed by atoms with van der Waals surface area (Å²) in [5, 5.41) is 6.58. The lowest BCUT2D eigenvalue weighted by molar-refractivity contribution is -0.141. The van der Waals surface area contributed by atoms with Crippen LogP contribution in [0.1, 0.15) is 38.5 Å². The molecule has 3 heterocycles. The van der Waals surface area contributed by atoms with E-state index in [1.165, 1.54) is 6.42 Å². The fourth-order valence-corrected chi connectivity index (χ4v) is 6.40. The van der Waals surface area contributed by atoms with E-state index in [9.17, 15) is 14.4 Å². The van der Waals surface area contributed by atoms with E-state index >= 15 is 0 Å². The highest BCUT2D eigenvalue weighted by molar-refractivity contribution is 6.30. The maximum Gasteiger partial charge on any atom is 0.246 e. The Labute approximate surface area is 210 Å². The van der Waals surface area contributed by atoms with E-state index in [2.05, 4.69) is 10.6 Å². The third-order valence-electron chi connectivity index (χ3n) is 7.72. The number of amides is 3. The second-order valence-corrected chi connectivity index (χ2v) is 10.4. The number of benzene rings is 1. The molecule has 1 spiro atoms. The molecule has 35 heavy (non-hydrogen) atoms. The second-order valence-electron chi connectivity index (χ2n) is 9.92. The van der Waals surface area contributed by atoms with Gasteiger partial charge in [0.25, 0.3) is 0 Å². The summed E-state index contributed by atoms with van der Waals surface area (Å²) in [6.45, 7) is 0.828. The van der Waals surface area contributed by atoms with Crippen molar-refractivity contribution < 1.29 is 23.9 Å². The number of ether oxygens (including phenoxy) is 2. The minimum absolute atomic E-state index is 0.104. The van der Waals surface area contributed by atoms with Crippen molar-refractivity contribution in [2.45, 2.75) is 62.3 Å². The van der Waals surface area contributed by atoms with Crippen LogP contribution in [0.15, 0.2) is 36.4 Å². The summed E-state index contributed by atoms with van der Waals surface area (Å²) in [5.74, 6) is -2.23. The Kier molecular flexibility index (Phi) is 6.88. The topological polar surface area (TPSA) is 97.0 Å². The van der Waals surface area contributed by atoms with Crippen molar-refractivity contribution in [1.82, 2.24) is 10.2 Å². The summed E-state index contributed by atoms with van der Waals surface area (Å²) in [4.78, 5) is 42.5. The van der Waals surface area contributed by atoms with Gasteiger partial charge < -0.3 is 25.0 Å². The van der Waals surface area contributed by atoms with Crippen molar-refractivity contribution in [3.63, 3.8) is 0 Å². The number of carbonyl (C=O) groups excluding carboxylic acids is 3. The fourth-order valence-electron chi connectivity index (χ4n) is 6.21. The minimum atomic E-state index is -1.15. The number of rotatable bonds is 8. The molecule has 8 nitrogen and oxygen atoms in total. The van der Waals surface area contributed by atoms with Crippen LogP contribution in [0.4, 0.5) is 5.69 Å². The van der Waals surface area contributed by atoms with Gasteiger partial charge in [0, 0.05) is 37.0 Å². The van der Waals surface area contributed by atoms with Crippen LogP contribution in [0.2, 0.25) is 5.02 Å². The number of fused-ring (bicyclic) bond motifs is 1. The summed E-state index contributed by atoms with van der Waals surface area (Å²) in [5.41, 5.74) is -0.596. The number of nitrogens with one attached hydrogen (secondary N) is 2. The highest BCUT2D eigenvalue weighted by Crippen LogP contribution is 2.55. The van der Waals surface area contributed by atoms with Gasteiger partial charge in [-0.1, -0.05) is 49.1 Å². The van der Waals surface area contributed by atoms with E-state index in [1.54, 1.807) is 36.3 Å². The molecule has 0 unspecified atom stereocenters. The third kappa shape index (κ3) is 4.36. The van der Waals surface area contributed by atoms with Crippen molar-refractivity contribution >= 4 is 35.0 Å². The van der Waals surface area contributed by atoms with E-state index in [4.69, 9.17) is 21.1 Å². The second kappa shape index (κ2) is 9.91. The zero-order valence-electron chi connectivity index (χ0n) is 19.9. The van der Waals surface area contributed by atoms with Crippen molar-refractivity contribution in [2.75, 3.05) is 25.6 Å². The standard InChI is InChI=1S/C26H32ClN3O5/c1-34-14-6-13-30-22(24(32)28-17-8-3-2-4-9-17)26-12-11-19(35-26)20(21(26)25(30)33)23(31)29-18-10-5-7-16(27)15-18/h5,7,10-12,15,17,19-22H,2-4,6,8-9,13-14H2,1H3,(H,28,32)(H,29,31)/t19-,20+,21-,22-,26+/m1/s1. The Morgan fingerprint density at radius 2 is 2.03 bits per heavy atom. The predicted molar refractivity (Wildman–Crippen MR) is 131 cm³/mol. The maximum absolute atomic E-state index is 13.8. The fraction of sp³-hybridized carbons (Fsp3) is 0.577. The van der Waals surface area contributed by atoms with Gasteiger partial charge in [-0.2, -0.15) is 0 Å². The van der Waals surface area contributed by atoms with E-state index in [0.29, 0.717) is 30.3 Å². The normalized spacial score (nSPS) is 31.6. The molecule has 0 aromatic heterocycles. The van der Waals surface area contributed by atoms with Gasteiger partial charge in [-0.25, -0.2) is 0 Å². The maximum atomic E-state index is 13.8. The molecule has 2 N–H and O–H groups in total. The number of hydrogen-bond donors (Lipinski definition) is 2. The number of likely N-dealkylation sites (tertiary alicyclic amines) is 1. The number of nitrogens with zero attached hydrogens (tertiary/aromatic N) is 1. The quantitative estimate of drug-likeness (QED) is 0.421. The Hall–Kier alpha value is -2.42. The highest BCUT2D eigenvalue weighted by Gasteiger charge is 2.72. The molecule has 2 bridgehead atoms. The molecule has 2 saturated heterocycles. The Morgan fingerprint density at radius 3 is 2.77 bits per heavy atom.